The van der Waals surface area contributed by atoms with Crippen LogP contribution >= 0.6 is 11.6 Å². The molecule has 1 aromatic carbocycles. The molecule has 9 nitrogen and oxygen atoms in total. The third-order valence-corrected chi connectivity index (χ3v) is 5.85. The number of rotatable bonds is 6. The van der Waals surface area contributed by atoms with Gasteiger partial charge in [0.1, 0.15) is 11.9 Å². The van der Waals surface area contributed by atoms with Gasteiger partial charge in [-0.1, -0.05) is 24.4 Å². The number of benzene rings is 1. The first kappa shape index (κ1) is 22.3. The monoisotopic (exact) mass is 444 g/mol. The molecule has 0 radical (unpaired) electrons. The molecule has 1 fully saturated rings. The highest BCUT2D eigenvalue weighted by Gasteiger charge is 2.27. The van der Waals surface area contributed by atoms with Crippen molar-refractivity contribution in [2.75, 3.05) is 11.9 Å². The Morgan fingerprint density at radius 2 is 2.03 bits per heavy atom. The minimum Gasteiger partial charge on any atom is -0.452 e. The third kappa shape index (κ3) is 4.54. The molecule has 1 aliphatic rings. The Balaban J connectivity index is 1.73. The maximum atomic E-state index is 12.5. The summed E-state index contributed by atoms with van der Waals surface area (Å²) in [6, 6.07) is 5.70. The van der Waals surface area contributed by atoms with Gasteiger partial charge in [-0.3, -0.25) is 14.9 Å². The summed E-state index contributed by atoms with van der Waals surface area (Å²) < 4.78 is 7.02. The van der Waals surface area contributed by atoms with E-state index in [9.17, 15) is 25.0 Å². The number of carbonyl (C=O) groups excluding carboxylic acids is 2. The summed E-state index contributed by atoms with van der Waals surface area (Å²) in [6.45, 7) is 3.16. The third-order valence-electron chi connectivity index (χ3n) is 5.53. The Hall–Kier alpha value is -3.38. The van der Waals surface area contributed by atoms with Crippen LogP contribution in [0.5, 0.6) is 0 Å². The number of amides is 1. The lowest BCUT2D eigenvalue weighted by atomic mass is 10.2. The van der Waals surface area contributed by atoms with Crippen molar-refractivity contribution < 1.29 is 19.2 Å². The number of aromatic nitrogens is 1. The van der Waals surface area contributed by atoms with E-state index in [4.69, 9.17) is 16.3 Å². The van der Waals surface area contributed by atoms with Crippen LogP contribution in [0.25, 0.3) is 0 Å². The van der Waals surface area contributed by atoms with Gasteiger partial charge in [0, 0.05) is 23.9 Å². The zero-order chi connectivity index (χ0) is 22.7. The van der Waals surface area contributed by atoms with E-state index in [1.807, 2.05) is 18.4 Å². The van der Waals surface area contributed by atoms with E-state index >= 15 is 0 Å². The van der Waals surface area contributed by atoms with Crippen LogP contribution in [0.1, 0.15) is 58.9 Å². The summed E-state index contributed by atoms with van der Waals surface area (Å²) in [5.41, 5.74) is 1.77. The van der Waals surface area contributed by atoms with E-state index in [0.29, 0.717) is 11.4 Å². The largest absolute Gasteiger partial charge is 0.452 e. The number of hydrogen-bond donors (Lipinski definition) is 1. The molecule has 1 amide bonds. The molecule has 1 aromatic heterocycles. The summed E-state index contributed by atoms with van der Waals surface area (Å²) in [5.74, 6) is -1.06. The standard InChI is InChI=1S/C21H21ClN4O5/c1-12-13(2)25(14-5-3-4-6-14)20(17(12)10-23)24-19(27)11-31-21(28)16-8-7-15(26(29)30)9-18(16)22/h7-9,14H,3-6,11H2,1-2H3,(H,24,27). The van der Waals surface area contributed by atoms with Crippen molar-refractivity contribution in [1.29, 1.82) is 5.26 Å². The van der Waals surface area contributed by atoms with Crippen LogP contribution in [0.2, 0.25) is 5.02 Å². The topological polar surface area (TPSA) is 127 Å². The number of nitro benzene ring substituents is 1. The summed E-state index contributed by atoms with van der Waals surface area (Å²) >= 11 is 5.92. The van der Waals surface area contributed by atoms with Gasteiger partial charge in [0.2, 0.25) is 0 Å². The van der Waals surface area contributed by atoms with Gasteiger partial charge in [0.15, 0.2) is 6.61 Å². The van der Waals surface area contributed by atoms with Crippen LogP contribution in [-0.2, 0) is 9.53 Å². The van der Waals surface area contributed by atoms with Gasteiger partial charge in [-0.25, -0.2) is 4.79 Å². The van der Waals surface area contributed by atoms with Crippen molar-refractivity contribution in [3.8, 4) is 6.07 Å². The number of nitrogens with one attached hydrogen (secondary N) is 1. The molecule has 0 saturated heterocycles. The Kier molecular flexibility index (Phi) is 6.61. The van der Waals surface area contributed by atoms with Crippen LogP contribution in [0.3, 0.4) is 0 Å². The lowest BCUT2D eigenvalue weighted by Gasteiger charge is -2.19. The molecular formula is C21H21ClN4O5. The SMILES string of the molecule is Cc1c(C#N)c(NC(=O)COC(=O)c2ccc([N+](=O)[O-])cc2Cl)n(C2CCCC2)c1C. The molecule has 3 rings (SSSR count). The molecule has 0 spiro atoms. The lowest BCUT2D eigenvalue weighted by molar-refractivity contribution is -0.384. The number of hydrogen-bond acceptors (Lipinski definition) is 6. The number of esters is 1. The van der Waals surface area contributed by atoms with E-state index in [2.05, 4.69) is 11.4 Å². The fraction of sp³-hybridized carbons (Fsp3) is 0.381. The molecule has 1 N–H and O–H groups in total. The number of nitriles is 1. The zero-order valence-electron chi connectivity index (χ0n) is 17.1. The Morgan fingerprint density at radius 1 is 1.35 bits per heavy atom. The van der Waals surface area contributed by atoms with Gasteiger partial charge in [0.05, 0.1) is 21.1 Å². The lowest BCUT2D eigenvalue weighted by Crippen LogP contribution is -2.24. The Bertz CT molecular complexity index is 1100. The molecule has 10 heteroatoms. The van der Waals surface area contributed by atoms with Crippen molar-refractivity contribution in [3.05, 3.63) is 55.7 Å². The zero-order valence-corrected chi connectivity index (χ0v) is 17.9. The molecule has 1 heterocycles. The van der Waals surface area contributed by atoms with Crippen LogP contribution in [-0.4, -0.2) is 28.0 Å². The van der Waals surface area contributed by atoms with E-state index in [0.717, 1.165) is 49.1 Å². The fourth-order valence-electron chi connectivity index (χ4n) is 3.87. The van der Waals surface area contributed by atoms with Crippen molar-refractivity contribution in [2.45, 2.75) is 45.6 Å². The first-order valence-electron chi connectivity index (χ1n) is 9.77. The second-order valence-corrected chi connectivity index (χ2v) is 7.81. The number of nitrogens with zero attached hydrogens (tertiary/aromatic N) is 3. The van der Waals surface area contributed by atoms with Gasteiger partial charge >= 0.3 is 5.97 Å². The van der Waals surface area contributed by atoms with Crippen molar-refractivity contribution >= 4 is 35.0 Å². The maximum absolute atomic E-state index is 12.5. The molecule has 162 valence electrons. The quantitative estimate of drug-likeness (QED) is 0.398. The van der Waals surface area contributed by atoms with Gasteiger partial charge in [0.25, 0.3) is 11.6 Å². The van der Waals surface area contributed by atoms with Crippen LogP contribution in [0.4, 0.5) is 11.5 Å². The molecule has 31 heavy (non-hydrogen) atoms. The molecular weight excluding hydrogens is 424 g/mol. The van der Waals surface area contributed by atoms with Crippen LogP contribution in [0.15, 0.2) is 18.2 Å². The highest BCUT2D eigenvalue weighted by Crippen LogP contribution is 2.37. The second-order valence-electron chi connectivity index (χ2n) is 7.40. The predicted molar refractivity (Wildman–Crippen MR) is 113 cm³/mol. The summed E-state index contributed by atoms with van der Waals surface area (Å²) in [6.07, 6.45) is 4.11. The van der Waals surface area contributed by atoms with Gasteiger partial charge < -0.3 is 14.6 Å². The first-order valence-corrected chi connectivity index (χ1v) is 10.1. The Morgan fingerprint density at radius 3 is 2.61 bits per heavy atom. The molecule has 0 bridgehead atoms. The highest BCUT2D eigenvalue weighted by molar-refractivity contribution is 6.33. The summed E-state index contributed by atoms with van der Waals surface area (Å²) in [7, 11) is 0. The van der Waals surface area contributed by atoms with E-state index in [1.54, 1.807) is 0 Å². The van der Waals surface area contributed by atoms with Crippen LogP contribution < -0.4 is 5.32 Å². The average molecular weight is 445 g/mol. The molecule has 0 atom stereocenters. The number of nitro groups is 1. The van der Waals surface area contributed by atoms with E-state index < -0.39 is 23.4 Å². The number of anilines is 1. The second kappa shape index (κ2) is 9.18. The number of halogens is 1. The first-order chi connectivity index (χ1) is 14.7. The summed E-state index contributed by atoms with van der Waals surface area (Å²) in [4.78, 5) is 34.9. The molecule has 0 aliphatic heterocycles. The highest BCUT2D eigenvalue weighted by atomic mass is 35.5. The van der Waals surface area contributed by atoms with Crippen LogP contribution in [0, 0.1) is 35.3 Å². The predicted octanol–water partition coefficient (Wildman–Crippen LogP) is 4.45. The van der Waals surface area contributed by atoms with Crippen molar-refractivity contribution in [1.82, 2.24) is 4.57 Å². The summed E-state index contributed by atoms with van der Waals surface area (Å²) in [5, 5.41) is 22.9. The number of ether oxygens (including phenoxy) is 1. The van der Waals surface area contributed by atoms with Crippen molar-refractivity contribution in [2.24, 2.45) is 0 Å². The van der Waals surface area contributed by atoms with Crippen molar-refractivity contribution in [3.63, 3.8) is 0 Å². The smallest absolute Gasteiger partial charge is 0.340 e. The molecule has 2 aromatic rings. The van der Waals surface area contributed by atoms with Gasteiger partial charge in [-0.15, -0.1) is 0 Å². The van der Waals surface area contributed by atoms with E-state index in [-0.39, 0.29) is 22.3 Å². The van der Waals surface area contributed by atoms with Gasteiger partial charge in [-0.2, -0.15) is 5.26 Å². The normalized spacial score (nSPS) is 13.6. The van der Waals surface area contributed by atoms with E-state index in [1.165, 1.54) is 6.07 Å². The minimum atomic E-state index is -0.880. The minimum absolute atomic E-state index is 0.0844. The number of carbonyl (C=O) groups is 2. The Labute approximate surface area is 183 Å². The number of non-ortho nitro benzene ring substituents is 1. The maximum Gasteiger partial charge on any atom is 0.340 e. The molecule has 1 saturated carbocycles. The molecule has 1 aliphatic carbocycles. The molecule has 0 unspecified atom stereocenters. The van der Waals surface area contributed by atoms with Gasteiger partial charge in [-0.05, 0) is 38.3 Å². The average Bonchev–Trinajstić information content (AvgIpc) is 3.33. The fourth-order valence-corrected chi connectivity index (χ4v) is 4.12.